The third kappa shape index (κ3) is 4.13. The second-order valence-corrected chi connectivity index (χ2v) is 5.33. The van der Waals surface area contributed by atoms with E-state index in [4.69, 9.17) is 18.3 Å². The molecule has 2 aromatic heterocycles. The molecule has 7 nitrogen and oxygen atoms in total. The Bertz CT molecular complexity index is 837. The van der Waals surface area contributed by atoms with Crippen LogP contribution in [0.25, 0.3) is 0 Å². The first-order chi connectivity index (χ1) is 12.7. The Balaban J connectivity index is 1.77. The number of esters is 1. The number of nitrogens with one attached hydrogen (secondary N) is 1. The van der Waals surface area contributed by atoms with Gasteiger partial charge in [0.2, 0.25) is 11.9 Å². The smallest absolute Gasteiger partial charge is 0.375 e. The zero-order valence-electron chi connectivity index (χ0n) is 14.0. The first-order valence-electron chi connectivity index (χ1n) is 7.86. The maximum atomic E-state index is 12.6. The lowest BCUT2D eigenvalue weighted by molar-refractivity contribution is -0.130. The Morgan fingerprint density at radius 2 is 1.77 bits per heavy atom. The van der Waals surface area contributed by atoms with Gasteiger partial charge in [-0.2, -0.15) is 0 Å². The van der Waals surface area contributed by atoms with E-state index in [0.29, 0.717) is 17.1 Å². The summed E-state index contributed by atoms with van der Waals surface area (Å²) in [6.45, 7) is 0.177. The minimum atomic E-state index is -1.14. The van der Waals surface area contributed by atoms with Crippen molar-refractivity contribution in [2.75, 3.05) is 7.11 Å². The Morgan fingerprint density at radius 3 is 2.38 bits per heavy atom. The van der Waals surface area contributed by atoms with Gasteiger partial charge in [-0.05, 0) is 36.4 Å². The summed E-state index contributed by atoms with van der Waals surface area (Å²) in [5.74, 6) is 0.0165. The summed E-state index contributed by atoms with van der Waals surface area (Å²) in [6.07, 6.45) is 1.73. The molecular weight excluding hydrogens is 338 g/mol. The van der Waals surface area contributed by atoms with Crippen molar-refractivity contribution in [3.63, 3.8) is 0 Å². The van der Waals surface area contributed by atoms with Gasteiger partial charge in [0.15, 0.2) is 0 Å². The molecule has 134 valence electrons. The van der Waals surface area contributed by atoms with E-state index in [1.54, 1.807) is 49.6 Å². The molecule has 0 bridgehead atoms. The second-order valence-electron chi connectivity index (χ2n) is 5.33. The lowest BCUT2D eigenvalue weighted by Crippen LogP contribution is -2.31. The van der Waals surface area contributed by atoms with Gasteiger partial charge in [0.05, 0.1) is 26.2 Å². The van der Waals surface area contributed by atoms with Crippen molar-refractivity contribution in [3.05, 3.63) is 78.1 Å². The molecule has 3 rings (SSSR count). The molecule has 7 heteroatoms. The van der Waals surface area contributed by atoms with Gasteiger partial charge in [-0.25, -0.2) is 4.79 Å². The van der Waals surface area contributed by atoms with Gasteiger partial charge in [0.1, 0.15) is 11.5 Å². The largest absolute Gasteiger partial charge is 0.497 e. The average molecular weight is 355 g/mol. The summed E-state index contributed by atoms with van der Waals surface area (Å²) >= 11 is 0. The van der Waals surface area contributed by atoms with E-state index in [1.165, 1.54) is 18.6 Å². The van der Waals surface area contributed by atoms with Crippen molar-refractivity contribution < 1.29 is 27.9 Å². The maximum Gasteiger partial charge on any atom is 0.375 e. The van der Waals surface area contributed by atoms with Gasteiger partial charge in [0.25, 0.3) is 5.91 Å². The zero-order chi connectivity index (χ0) is 18.4. The summed E-state index contributed by atoms with van der Waals surface area (Å²) in [4.78, 5) is 24.8. The SMILES string of the molecule is COc1ccc([C@H](OC(=O)c2ccco2)C(=O)NCc2ccco2)cc1. The van der Waals surface area contributed by atoms with Crippen molar-refractivity contribution in [2.45, 2.75) is 12.6 Å². The summed E-state index contributed by atoms with van der Waals surface area (Å²) in [5, 5.41) is 2.69. The Hall–Kier alpha value is -3.48. The highest BCUT2D eigenvalue weighted by Crippen LogP contribution is 2.23. The summed E-state index contributed by atoms with van der Waals surface area (Å²) in [5.41, 5.74) is 0.502. The molecule has 0 spiro atoms. The highest BCUT2D eigenvalue weighted by atomic mass is 16.6. The van der Waals surface area contributed by atoms with Crippen LogP contribution in [0.3, 0.4) is 0 Å². The molecule has 0 saturated carbocycles. The molecule has 0 aliphatic heterocycles. The van der Waals surface area contributed by atoms with Crippen molar-refractivity contribution in [1.29, 1.82) is 0 Å². The molecular formula is C19H17NO6. The minimum absolute atomic E-state index is 0.0161. The fourth-order valence-electron chi connectivity index (χ4n) is 2.29. The van der Waals surface area contributed by atoms with E-state index in [9.17, 15) is 9.59 Å². The molecule has 1 N–H and O–H groups in total. The lowest BCUT2D eigenvalue weighted by Gasteiger charge is -2.17. The number of furan rings is 2. The normalized spacial score (nSPS) is 11.6. The second kappa shape index (κ2) is 8.06. The van der Waals surface area contributed by atoms with Crippen molar-refractivity contribution in [1.82, 2.24) is 5.32 Å². The van der Waals surface area contributed by atoms with E-state index >= 15 is 0 Å². The van der Waals surface area contributed by atoms with Gasteiger partial charge >= 0.3 is 5.97 Å². The molecule has 0 aliphatic carbocycles. The Morgan fingerprint density at radius 1 is 1.04 bits per heavy atom. The predicted octanol–water partition coefficient (Wildman–Crippen LogP) is 3.10. The molecule has 1 aromatic carbocycles. The standard InChI is InChI=1S/C19H17NO6/c1-23-14-8-6-13(7-9-14)17(26-19(22)16-5-3-11-25-16)18(21)20-12-15-4-2-10-24-15/h2-11,17H,12H2,1H3,(H,20,21)/t17-/m0/s1. The van der Waals surface area contributed by atoms with Gasteiger partial charge in [-0.1, -0.05) is 12.1 Å². The number of amides is 1. The van der Waals surface area contributed by atoms with Crippen LogP contribution in [0.15, 0.2) is 69.9 Å². The van der Waals surface area contributed by atoms with Crippen LogP contribution in [0.2, 0.25) is 0 Å². The van der Waals surface area contributed by atoms with Crippen molar-refractivity contribution >= 4 is 11.9 Å². The highest BCUT2D eigenvalue weighted by Gasteiger charge is 2.26. The number of hydrogen-bond acceptors (Lipinski definition) is 6. The summed E-state index contributed by atoms with van der Waals surface area (Å²) in [7, 11) is 1.54. The number of hydrogen-bond donors (Lipinski definition) is 1. The van der Waals surface area contributed by atoms with E-state index in [2.05, 4.69) is 5.32 Å². The quantitative estimate of drug-likeness (QED) is 0.655. The molecule has 3 aromatic rings. The monoisotopic (exact) mass is 355 g/mol. The van der Waals surface area contributed by atoms with Crippen molar-refractivity contribution in [3.8, 4) is 5.75 Å². The van der Waals surface area contributed by atoms with Crippen LogP contribution in [0.1, 0.15) is 28.0 Å². The topological polar surface area (TPSA) is 90.9 Å². The van der Waals surface area contributed by atoms with Crippen LogP contribution < -0.4 is 10.1 Å². The highest BCUT2D eigenvalue weighted by molar-refractivity contribution is 5.90. The molecule has 0 saturated heterocycles. The first-order valence-corrected chi connectivity index (χ1v) is 7.86. The number of rotatable bonds is 7. The van der Waals surface area contributed by atoms with E-state index in [-0.39, 0.29) is 12.3 Å². The predicted molar refractivity (Wildman–Crippen MR) is 90.4 cm³/mol. The van der Waals surface area contributed by atoms with E-state index in [1.807, 2.05) is 0 Å². The summed E-state index contributed by atoms with van der Waals surface area (Å²) < 4.78 is 20.7. The Labute approximate surface area is 149 Å². The zero-order valence-corrected chi connectivity index (χ0v) is 14.0. The number of carbonyl (C=O) groups excluding carboxylic acids is 2. The van der Waals surface area contributed by atoms with Gasteiger partial charge in [-0.15, -0.1) is 0 Å². The number of carbonyl (C=O) groups is 2. The fraction of sp³-hybridized carbons (Fsp3) is 0.158. The van der Waals surface area contributed by atoms with Gasteiger partial charge in [-0.3, -0.25) is 4.79 Å². The number of benzene rings is 1. The van der Waals surface area contributed by atoms with Crippen LogP contribution in [0, 0.1) is 0 Å². The number of methoxy groups -OCH3 is 1. The molecule has 2 heterocycles. The Kier molecular flexibility index (Phi) is 5.38. The van der Waals surface area contributed by atoms with Crippen LogP contribution in [0.4, 0.5) is 0 Å². The third-order valence-electron chi connectivity index (χ3n) is 3.62. The van der Waals surface area contributed by atoms with E-state index < -0.39 is 18.0 Å². The van der Waals surface area contributed by atoms with E-state index in [0.717, 1.165) is 0 Å². The van der Waals surface area contributed by atoms with Crippen LogP contribution >= 0.6 is 0 Å². The lowest BCUT2D eigenvalue weighted by atomic mass is 10.1. The van der Waals surface area contributed by atoms with Crippen LogP contribution in [-0.4, -0.2) is 19.0 Å². The molecule has 0 radical (unpaired) electrons. The first kappa shape index (κ1) is 17.3. The third-order valence-corrected chi connectivity index (χ3v) is 3.62. The fourth-order valence-corrected chi connectivity index (χ4v) is 2.29. The number of ether oxygens (including phenoxy) is 2. The molecule has 0 unspecified atom stereocenters. The van der Waals surface area contributed by atoms with Crippen molar-refractivity contribution in [2.24, 2.45) is 0 Å². The maximum absolute atomic E-state index is 12.6. The molecule has 1 amide bonds. The van der Waals surface area contributed by atoms with Crippen LogP contribution in [0.5, 0.6) is 5.75 Å². The van der Waals surface area contributed by atoms with Gasteiger partial charge < -0.3 is 23.6 Å². The minimum Gasteiger partial charge on any atom is -0.497 e. The van der Waals surface area contributed by atoms with Gasteiger partial charge in [0, 0.05) is 5.56 Å². The molecule has 0 aliphatic rings. The molecule has 0 fully saturated rings. The summed E-state index contributed by atoms with van der Waals surface area (Å²) in [6, 6.07) is 13.2. The molecule has 26 heavy (non-hydrogen) atoms. The van der Waals surface area contributed by atoms with Crippen LogP contribution in [-0.2, 0) is 16.1 Å². The molecule has 1 atom stereocenters. The average Bonchev–Trinajstić information content (AvgIpc) is 3.38.